The van der Waals surface area contributed by atoms with Gasteiger partial charge in [0.2, 0.25) is 10.0 Å². The molecule has 2 heterocycles. The largest absolute Gasteiger partial charge is 0.430 e. The highest BCUT2D eigenvalue weighted by Gasteiger charge is 2.71. The first-order valence-electron chi connectivity index (χ1n) is 11.9. The lowest BCUT2D eigenvalue weighted by Crippen LogP contribution is -2.64. The van der Waals surface area contributed by atoms with Crippen LogP contribution in [0, 0.1) is 0 Å². The standard InChI is InChI=1S/C25H28F6N2O4S/c1-3-17-10-16(11-33-20-12-32(38(2,35)36)13-21(33)15-37-14-20)4-9-22(17)18-5-7-19(8-6-18)23(34,24(26,27)28)25(29,30)31/h4-10,20-21,34H,3,11-15H2,1-2H3. The Bertz CT molecular complexity index is 1240. The van der Waals surface area contributed by atoms with Crippen molar-refractivity contribution >= 4 is 10.0 Å². The first kappa shape index (κ1) is 28.8. The zero-order valence-corrected chi connectivity index (χ0v) is 21.5. The maximum Gasteiger partial charge on any atom is 0.430 e. The number of morpholine rings is 1. The number of fused-ring (bicyclic) bond motifs is 2. The number of rotatable bonds is 6. The molecule has 2 aliphatic heterocycles. The minimum absolute atomic E-state index is 0.115. The lowest BCUT2D eigenvalue weighted by atomic mass is 9.89. The molecule has 210 valence electrons. The van der Waals surface area contributed by atoms with Gasteiger partial charge in [-0.1, -0.05) is 49.4 Å². The number of hydrogen-bond acceptors (Lipinski definition) is 5. The molecule has 6 nitrogen and oxygen atoms in total. The molecule has 13 heteroatoms. The first-order chi connectivity index (χ1) is 17.6. The zero-order valence-electron chi connectivity index (χ0n) is 20.7. The van der Waals surface area contributed by atoms with Crippen LogP contribution in [-0.4, -0.2) is 79.7 Å². The van der Waals surface area contributed by atoms with Crippen LogP contribution in [0.25, 0.3) is 11.1 Å². The highest BCUT2D eigenvalue weighted by atomic mass is 32.2. The van der Waals surface area contributed by atoms with Gasteiger partial charge in [-0.3, -0.25) is 4.90 Å². The Morgan fingerprint density at radius 1 is 0.947 bits per heavy atom. The maximum absolute atomic E-state index is 13.2. The zero-order chi connectivity index (χ0) is 28.1. The van der Waals surface area contributed by atoms with Crippen LogP contribution in [0.3, 0.4) is 0 Å². The fraction of sp³-hybridized carbons (Fsp3) is 0.520. The minimum atomic E-state index is -5.95. The SMILES string of the molecule is CCc1cc(CN2C3COCC2CN(S(C)(=O)=O)C3)ccc1-c1ccc(C(O)(C(F)(F)F)C(F)(F)F)cc1. The van der Waals surface area contributed by atoms with Crippen molar-refractivity contribution in [3.63, 3.8) is 0 Å². The Balaban J connectivity index is 1.58. The van der Waals surface area contributed by atoms with E-state index in [4.69, 9.17) is 4.74 Å². The number of nitrogens with zero attached hydrogens (tertiary/aromatic N) is 2. The summed E-state index contributed by atoms with van der Waals surface area (Å²) < 4.78 is 111. The van der Waals surface area contributed by atoms with E-state index in [1.54, 1.807) is 6.07 Å². The molecule has 0 aromatic heterocycles. The van der Waals surface area contributed by atoms with E-state index in [1.165, 1.54) is 10.6 Å². The van der Waals surface area contributed by atoms with Gasteiger partial charge in [-0.05, 0) is 28.7 Å². The van der Waals surface area contributed by atoms with Crippen LogP contribution in [0.15, 0.2) is 42.5 Å². The van der Waals surface area contributed by atoms with Gasteiger partial charge in [-0.25, -0.2) is 8.42 Å². The lowest BCUT2D eigenvalue weighted by Gasteiger charge is -2.49. The van der Waals surface area contributed by atoms with Gasteiger partial charge in [-0.15, -0.1) is 0 Å². The van der Waals surface area contributed by atoms with E-state index in [1.807, 2.05) is 19.1 Å². The van der Waals surface area contributed by atoms with Gasteiger partial charge in [-0.2, -0.15) is 30.6 Å². The smallest absolute Gasteiger partial charge is 0.378 e. The van der Waals surface area contributed by atoms with Crippen LogP contribution in [0.5, 0.6) is 0 Å². The summed E-state index contributed by atoms with van der Waals surface area (Å²) in [5.41, 5.74) is -3.44. The number of halogens is 6. The van der Waals surface area contributed by atoms with Crippen LogP contribution in [0.4, 0.5) is 26.3 Å². The van der Waals surface area contributed by atoms with Crippen LogP contribution >= 0.6 is 0 Å². The first-order valence-corrected chi connectivity index (χ1v) is 13.8. The highest BCUT2D eigenvalue weighted by Crippen LogP contribution is 2.50. The summed E-state index contributed by atoms with van der Waals surface area (Å²) in [6.45, 7) is 3.86. The molecule has 2 aromatic rings. The van der Waals surface area contributed by atoms with E-state index in [-0.39, 0.29) is 12.1 Å². The molecule has 0 aliphatic carbocycles. The molecule has 0 spiro atoms. The van der Waals surface area contributed by atoms with Crippen molar-refractivity contribution in [2.24, 2.45) is 0 Å². The summed E-state index contributed by atoms with van der Waals surface area (Å²) in [4.78, 5) is 2.21. The Hall–Kier alpha value is -2.19. The van der Waals surface area contributed by atoms with Crippen LogP contribution < -0.4 is 0 Å². The highest BCUT2D eigenvalue weighted by molar-refractivity contribution is 7.88. The molecular formula is C25H28F6N2O4S. The van der Waals surface area contributed by atoms with Crippen LogP contribution in [0.2, 0.25) is 0 Å². The molecule has 0 radical (unpaired) electrons. The molecule has 4 rings (SSSR count). The molecule has 2 atom stereocenters. The molecule has 2 bridgehead atoms. The molecule has 2 fully saturated rings. The number of sulfonamides is 1. The maximum atomic E-state index is 13.2. The average molecular weight is 567 g/mol. The fourth-order valence-electron chi connectivity index (χ4n) is 5.13. The number of piperazine rings is 1. The summed E-state index contributed by atoms with van der Waals surface area (Å²) in [5, 5.41) is 9.64. The molecule has 0 saturated carbocycles. The number of aryl methyl sites for hydroxylation is 1. The third-order valence-electron chi connectivity index (χ3n) is 7.21. The molecule has 38 heavy (non-hydrogen) atoms. The van der Waals surface area contributed by atoms with Gasteiger partial charge in [0, 0.05) is 37.3 Å². The molecule has 2 unspecified atom stereocenters. The topological polar surface area (TPSA) is 70.1 Å². The van der Waals surface area contributed by atoms with E-state index >= 15 is 0 Å². The second-order valence-corrected chi connectivity index (χ2v) is 11.7. The second kappa shape index (κ2) is 10.1. The van der Waals surface area contributed by atoms with Gasteiger partial charge in [0.25, 0.3) is 5.60 Å². The Morgan fingerprint density at radius 2 is 1.50 bits per heavy atom. The van der Waals surface area contributed by atoms with Crippen molar-refractivity contribution in [1.82, 2.24) is 9.21 Å². The molecular weight excluding hydrogens is 538 g/mol. The normalized spacial score (nSPS) is 22.0. The van der Waals surface area contributed by atoms with Crippen molar-refractivity contribution in [2.75, 3.05) is 32.6 Å². The molecule has 2 aliphatic rings. The van der Waals surface area contributed by atoms with Crippen LogP contribution in [0.1, 0.15) is 23.6 Å². The summed E-state index contributed by atoms with van der Waals surface area (Å²) in [6, 6.07) is 8.87. The molecule has 2 saturated heterocycles. The van der Waals surface area contributed by atoms with Crippen molar-refractivity contribution in [3.8, 4) is 11.1 Å². The quantitative estimate of drug-likeness (QED) is 0.534. The van der Waals surface area contributed by atoms with E-state index in [9.17, 15) is 39.9 Å². The third kappa shape index (κ3) is 5.31. The summed E-state index contributed by atoms with van der Waals surface area (Å²) in [5.74, 6) is 0. The van der Waals surface area contributed by atoms with Crippen molar-refractivity contribution in [3.05, 3.63) is 59.2 Å². The average Bonchev–Trinajstić information content (AvgIpc) is 2.81. The molecule has 1 N–H and O–H groups in total. The van der Waals surface area contributed by atoms with Gasteiger partial charge in [0.15, 0.2) is 0 Å². The summed E-state index contributed by atoms with van der Waals surface area (Å²) in [6.07, 6.45) is -10.2. The number of benzene rings is 2. The van der Waals surface area contributed by atoms with Gasteiger partial charge in [0.1, 0.15) is 0 Å². The number of alkyl halides is 6. The predicted molar refractivity (Wildman–Crippen MR) is 128 cm³/mol. The molecule has 2 aromatic carbocycles. The predicted octanol–water partition coefficient (Wildman–Crippen LogP) is 4.07. The number of hydrogen-bond donors (Lipinski definition) is 1. The number of aliphatic hydroxyl groups is 1. The van der Waals surface area contributed by atoms with Gasteiger partial charge in [0.05, 0.1) is 19.5 Å². The third-order valence-corrected chi connectivity index (χ3v) is 8.44. The van der Waals surface area contributed by atoms with E-state index in [0.29, 0.717) is 62.5 Å². The lowest BCUT2D eigenvalue weighted by molar-refractivity contribution is -0.376. The van der Waals surface area contributed by atoms with Crippen molar-refractivity contribution in [2.45, 2.75) is 49.9 Å². The van der Waals surface area contributed by atoms with Crippen molar-refractivity contribution in [1.29, 1.82) is 0 Å². The second-order valence-electron chi connectivity index (χ2n) is 9.73. The monoisotopic (exact) mass is 566 g/mol. The van der Waals surface area contributed by atoms with Crippen LogP contribution in [-0.2, 0) is 33.3 Å². The van der Waals surface area contributed by atoms with Crippen molar-refractivity contribution < 1.29 is 44.6 Å². The van der Waals surface area contributed by atoms with E-state index < -0.39 is 33.5 Å². The molecule has 0 amide bonds. The Morgan fingerprint density at radius 3 is 1.97 bits per heavy atom. The van der Waals surface area contributed by atoms with E-state index in [0.717, 1.165) is 23.3 Å². The van der Waals surface area contributed by atoms with E-state index in [2.05, 4.69) is 4.90 Å². The van der Waals surface area contributed by atoms with Gasteiger partial charge >= 0.3 is 12.4 Å². The number of ether oxygens (including phenoxy) is 1. The fourth-order valence-corrected chi connectivity index (χ4v) is 6.01. The Kier molecular flexibility index (Phi) is 7.65. The minimum Gasteiger partial charge on any atom is -0.378 e. The summed E-state index contributed by atoms with van der Waals surface area (Å²) in [7, 11) is -3.33. The summed E-state index contributed by atoms with van der Waals surface area (Å²) >= 11 is 0. The van der Waals surface area contributed by atoms with Gasteiger partial charge < -0.3 is 9.84 Å². The Labute approximate surface area is 216 Å².